The fourth-order valence-corrected chi connectivity index (χ4v) is 1.94. The van der Waals surface area contributed by atoms with E-state index in [0.29, 0.717) is 18.6 Å². The molecule has 0 radical (unpaired) electrons. The van der Waals surface area contributed by atoms with Gasteiger partial charge in [-0.3, -0.25) is 0 Å². The minimum atomic E-state index is -0.258. The van der Waals surface area contributed by atoms with E-state index in [1.807, 2.05) is 6.08 Å². The SMILES string of the molecule is C=CCn1c(CCCN)nc2cc(F)ccc21. The van der Waals surface area contributed by atoms with Gasteiger partial charge in [-0.2, -0.15) is 0 Å². The van der Waals surface area contributed by atoms with Gasteiger partial charge in [0.05, 0.1) is 11.0 Å². The van der Waals surface area contributed by atoms with Crippen LogP contribution < -0.4 is 5.73 Å². The number of nitrogens with two attached hydrogens (primary N) is 1. The fraction of sp³-hybridized carbons (Fsp3) is 0.308. The summed E-state index contributed by atoms with van der Waals surface area (Å²) in [6.45, 7) is 5.05. The van der Waals surface area contributed by atoms with Crippen molar-refractivity contribution in [3.63, 3.8) is 0 Å². The minimum Gasteiger partial charge on any atom is -0.330 e. The van der Waals surface area contributed by atoms with Crippen LogP contribution in [0.5, 0.6) is 0 Å². The largest absolute Gasteiger partial charge is 0.330 e. The predicted molar refractivity (Wildman–Crippen MR) is 67.3 cm³/mol. The molecule has 2 rings (SSSR count). The first-order valence-electron chi connectivity index (χ1n) is 5.72. The molecule has 1 aromatic carbocycles. The molecular weight excluding hydrogens is 217 g/mol. The summed E-state index contributed by atoms with van der Waals surface area (Å²) in [5.41, 5.74) is 7.14. The number of nitrogens with zero attached hydrogens (tertiary/aromatic N) is 2. The lowest BCUT2D eigenvalue weighted by atomic mass is 10.3. The molecular formula is C13H16FN3. The van der Waals surface area contributed by atoms with Crippen LogP contribution in [0.3, 0.4) is 0 Å². The molecule has 0 aliphatic rings. The van der Waals surface area contributed by atoms with E-state index in [0.717, 1.165) is 24.2 Å². The van der Waals surface area contributed by atoms with Gasteiger partial charge >= 0.3 is 0 Å². The lowest BCUT2D eigenvalue weighted by Gasteiger charge is -2.05. The van der Waals surface area contributed by atoms with Crippen molar-refractivity contribution in [3.8, 4) is 0 Å². The summed E-state index contributed by atoms with van der Waals surface area (Å²) in [5, 5.41) is 0. The summed E-state index contributed by atoms with van der Waals surface area (Å²) in [6, 6.07) is 4.67. The van der Waals surface area contributed by atoms with Gasteiger partial charge in [-0.1, -0.05) is 6.08 Å². The number of hydrogen-bond acceptors (Lipinski definition) is 2. The van der Waals surface area contributed by atoms with E-state index in [-0.39, 0.29) is 5.82 Å². The third kappa shape index (κ3) is 2.36. The number of benzene rings is 1. The lowest BCUT2D eigenvalue weighted by Crippen LogP contribution is -2.06. The molecule has 0 fully saturated rings. The summed E-state index contributed by atoms with van der Waals surface area (Å²) in [5.74, 6) is 0.682. The van der Waals surface area contributed by atoms with Crippen LogP contribution in [-0.4, -0.2) is 16.1 Å². The standard InChI is InChI=1S/C13H16FN3/c1-2-8-17-12-6-5-10(14)9-11(12)16-13(17)4-3-7-15/h2,5-6,9H,1,3-4,7-8,15H2. The number of aryl methyl sites for hydroxylation is 1. The molecule has 0 bridgehead atoms. The minimum absolute atomic E-state index is 0.258. The van der Waals surface area contributed by atoms with Gasteiger partial charge in [0.1, 0.15) is 11.6 Å². The van der Waals surface area contributed by atoms with Gasteiger partial charge in [0, 0.05) is 19.0 Å². The highest BCUT2D eigenvalue weighted by atomic mass is 19.1. The molecule has 0 atom stereocenters. The second-order valence-corrected chi connectivity index (χ2v) is 3.95. The molecule has 0 saturated heterocycles. The van der Waals surface area contributed by atoms with Crippen LogP contribution in [0.1, 0.15) is 12.2 Å². The summed E-state index contributed by atoms with van der Waals surface area (Å²) in [6.07, 6.45) is 3.50. The molecule has 90 valence electrons. The molecule has 17 heavy (non-hydrogen) atoms. The van der Waals surface area contributed by atoms with Crippen LogP contribution in [0, 0.1) is 5.82 Å². The number of allylic oxidation sites excluding steroid dienone is 1. The van der Waals surface area contributed by atoms with Crippen molar-refractivity contribution in [2.75, 3.05) is 6.54 Å². The molecule has 0 unspecified atom stereocenters. The lowest BCUT2D eigenvalue weighted by molar-refractivity contribution is 0.629. The Bertz CT molecular complexity index is 531. The van der Waals surface area contributed by atoms with Crippen LogP contribution in [0.15, 0.2) is 30.9 Å². The summed E-state index contributed by atoms with van der Waals surface area (Å²) < 4.78 is 15.2. The van der Waals surface area contributed by atoms with Crippen molar-refractivity contribution >= 4 is 11.0 Å². The Kier molecular flexibility index (Phi) is 3.54. The Hall–Kier alpha value is -1.68. The normalized spacial score (nSPS) is 10.9. The first-order chi connectivity index (χ1) is 8.26. The average molecular weight is 233 g/mol. The average Bonchev–Trinajstić information content (AvgIpc) is 2.64. The third-order valence-corrected chi connectivity index (χ3v) is 2.71. The third-order valence-electron chi connectivity index (χ3n) is 2.71. The van der Waals surface area contributed by atoms with E-state index in [1.54, 1.807) is 6.07 Å². The Labute approximate surface area is 99.8 Å². The highest BCUT2D eigenvalue weighted by Crippen LogP contribution is 2.18. The zero-order valence-corrected chi connectivity index (χ0v) is 9.69. The van der Waals surface area contributed by atoms with Crippen molar-refractivity contribution in [1.82, 2.24) is 9.55 Å². The molecule has 4 heteroatoms. The van der Waals surface area contributed by atoms with E-state index in [1.165, 1.54) is 12.1 Å². The second-order valence-electron chi connectivity index (χ2n) is 3.95. The number of rotatable bonds is 5. The van der Waals surface area contributed by atoms with Gasteiger partial charge in [0.25, 0.3) is 0 Å². The molecule has 1 aromatic heterocycles. The summed E-state index contributed by atoms with van der Waals surface area (Å²) in [4.78, 5) is 4.45. The number of hydrogen-bond donors (Lipinski definition) is 1. The van der Waals surface area contributed by atoms with E-state index < -0.39 is 0 Å². The van der Waals surface area contributed by atoms with Crippen LogP contribution in [0.2, 0.25) is 0 Å². The molecule has 2 aromatic rings. The van der Waals surface area contributed by atoms with Gasteiger partial charge in [0.15, 0.2) is 0 Å². The molecule has 3 nitrogen and oxygen atoms in total. The predicted octanol–water partition coefficient (Wildman–Crippen LogP) is 2.25. The van der Waals surface area contributed by atoms with E-state index in [2.05, 4.69) is 16.1 Å². The van der Waals surface area contributed by atoms with E-state index in [9.17, 15) is 4.39 Å². The molecule has 0 aliphatic carbocycles. The van der Waals surface area contributed by atoms with Crippen molar-refractivity contribution in [2.24, 2.45) is 5.73 Å². The van der Waals surface area contributed by atoms with Gasteiger partial charge in [-0.25, -0.2) is 9.37 Å². The Balaban J connectivity index is 2.49. The zero-order valence-electron chi connectivity index (χ0n) is 9.69. The van der Waals surface area contributed by atoms with Crippen molar-refractivity contribution in [2.45, 2.75) is 19.4 Å². The zero-order chi connectivity index (χ0) is 12.3. The highest BCUT2D eigenvalue weighted by molar-refractivity contribution is 5.76. The van der Waals surface area contributed by atoms with Gasteiger partial charge in [-0.05, 0) is 25.1 Å². The van der Waals surface area contributed by atoms with Crippen molar-refractivity contribution in [3.05, 3.63) is 42.5 Å². The van der Waals surface area contributed by atoms with E-state index in [4.69, 9.17) is 5.73 Å². The highest BCUT2D eigenvalue weighted by Gasteiger charge is 2.09. The van der Waals surface area contributed by atoms with Crippen molar-refractivity contribution < 1.29 is 4.39 Å². The number of halogens is 1. The first-order valence-corrected chi connectivity index (χ1v) is 5.72. The smallest absolute Gasteiger partial charge is 0.125 e. The molecule has 0 spiro atoms. The topological polar surface area (TPSA) is 43.8 Å². The number of aromatic nitrogens is 2. The van der Waals surface area contributed by atoms with Gasteiger partial charge in [-0.15, -0.1) is 6.58 Å². The summed E-state index contributed by atoms with van der Waals surface area (Å²) >= 11 is 0. The Morgan fingerprint density at radius 2 is 2.29 bits per heavy atom. The van der Waals surface area contributed by atoms with Crippen molar-refractivity contribution in [1.29, 1.82) is 0 Å². The molecule has 0 amide bonds. The molecule has 1 heterocycles. The van der Waals surface area contributed by atoms with Crippen LogP contribution in [0.25, 0.3) is 11.0 Å². The van der Waals surface area contributed by atoms with Crippen LogP contribution in [-0.2, 0) is 13.0 Å². The Morgan fingerprint density at radius 1 is 1.47 bits per heavy atom. The quantitative estimate of drug-likeness (QED) is 0.805. The summed E-state index contributed by atoms with van der Waals surface area (Å²) in [7, 11) is 0. The van der Waals surface area contributed by atoms with Crippen LogP contribution in [0.4, 0.5) is 4.39 Å². The monoisotopic (exact) mass is 233 g/mol. The molecule has 0 aliphatic heterocycles. The molecule has 2 N–H and O–H groups in total. The second kappa shape index (κ2) is 5.10. The van der Waals surface area contributed by atoms with Gasteiger partial charge < -0.3 is 10.3 Å². The Morgan fingerprint density at radius 3 is 3.00 bits per heavy atom. The number of imidazole rings is 1. The maximum Gasteiger partial charge on any atom is 0.125 e. The van der Waals surface area contributed by atoms with Gasteiger partial charge in [0.2, 0.25) is 0 Å². The molecule has 0 saturated carbocycles. The maximum atomic E-state index is 13.1. The van der Waals surface area contributed by atoms with Crippen LogP contribution >= 0.6 is 0 Å². The fourth-order valence-electron chi connectivity index (χ4n) is 1.94. The van der Waals surface area contributed by atoms with E-state index >= 15 is 0 Å². The number of fused-ring (bicyclic) bond motifs is 1. The first kappa shape index (κ1) is 11.8. The maximum absolute atomic E-state index is 13.1.